The van der Waals surface area contributed by atoms with Crippen molar-refractivity contribution in [2.24, 2.45) is 0 Å². The second-order valence-corrected chi connectivity index (χ2v) is 7.26. The lowest BCUT2D eigenvalue weighted by molar-refractivity contribution is -0.0579. The van der Waals surface area contributed by atoms with Gasteiger partial charge in [-0.3, -0.25) is 0 Å². The van der Waals surface area contributed by atoms with Crippen LogP contribution < -0.4 is 10.1 Å². The number of methoxy groups -OCH3 is 1. The highest BCUT2D eigenvalue weighted by molar-refractivity contribution is 5.90. The Bertz CT molecular complexity index is 864. The van der Waals surface area contributed by atoms with Crippen LogP contribution >= 0.6 is 0 Å². The number of fused-ring (bicyclic) bond motifs is 5. The van der Waals surface area contributed by atoms with Gasteiger partial charge in [-0.15, -0.1) is 0 Å². The Hall–Kier alpha value is -2.26. The highest BCUT2D eigenvalue weighted by Gasteiger charge is 2.34. The largest absolute Gasteiger partial charge is 0.460 e. The quantitative estimate of drug-likeness (QED) is 0.772. The van der Waals surface area contributed by atoms with Crippen LogP contribution in [-0.4, -0.2) is 12.6 Å². The number of hydrogen-bond donors (Lipinski definition) is 1. The maximum Gasteiger partial charge on any atom is 0.227 e. The first kappa shape index (κ1) is 15.3. The van der Waals surface area contributed by atoms with Gasteiger partial charge in [0.25, 0.3) is 0 Å². The van der Waals surface area contributed by atoms with Crippen LogP contribution in [0.5, 0.6) is 5.75 Å². The summed E-state index contributed by atoms with van der Waals surface area (Å²) in [5.41, 5.74) is 8.25. The molecule has 0 aliphatic carbocycles. The summed E-state index contributed by atoms with van der Waals surface area (Å²) in [6.45, 7) is 8.66. The lowest BCUT2D eigenvalue weighted by Gasteiger charge is -2.36. The second kappa shape index (κ2) is 5.12. The van der Waals surface area contributed by atoms with Gasteiger partial charge in [0.15, 0.2) is 0 Å². The molecule has 124 valence electrons. The number of ether oxygens (including phenoxy) is 2. The van der Waals surface area contributed by atoms with Crippen molar-refractivity contribution >= 4 is 11.3 Å². The average Bonchev–Trinajstić information content (AvgIpc) is 2.52. The number of benzene rings is 2. The van der Waals surface area contributed by atoms with E-state index in [4.69, 9.17) is 9.47 Å². The van der Waals surface area contributed by atoms with E-state index in [2.05, 4.69) is 57.3 Å². The van der Waals surface area contributed by atoms with E-state index in [9.17, 15) is 0 Å². The van der Waals surface area contributed by atoms with Crippen molar-refractivity contribution in [3.05, 3.63) is 53.1 Å². The molecule has 4 rings (SSSR count). The van der Waals surface area contributed by atoms with Crippen molar-refractivity contribution in [3.63, 3.8) is 0 Å². The highest BCUT2D eigenvalue weighted by Crippen LogP contribution is 2.49. The van der Waals surface area contributed by atoms with E-state index in [1.165, 1.54) is 27.8 Å². The van der Waals surface area contributed by atoms with Crippen LogP contribution in [0.3, 0.4) is 0 Å². The SMILES string of the molecule is COC1Oc2cccc(C)c2-c2ccc3c(c21)C(C)=CC(C)(C)N3. The summed E-state index contributed by atoms with van der Waals surface area (Å²) in [7, 11) is 1.70. The van der Waals surface area contributed by atoms with Crippen LogP contribution in [0, 0.1) is 6.92 Å². The van der Waals surface area contributed by atoms with Crippen molar-refractivity contribution in [1.29, 1.82) is 0 Å². The molecule has 2 aliphatic heterocycles. The van der Waals surface area contributed by atoms with Crippen LogP contribution in [0.4, 0.5) is 5.69 Å². The van der Waals surface area contributed by atoms with Crippen molar-refractivity contribution in [2.45, 2.75) is 39.5 Å². The molecule has 1 atom stereocenters. The molecule has 0 saturated heterocycles. The van der Waals surface area contributed by atoms with Crippen LogP contribution in [0.25, 0.3) is 16.7 Å². The van der Waals surface area contributed by atoms with Crippen molar-refractivity contribution < 1.29 is 9.47 Å². The number of aryl methyl sites for hydroxylation is 1. The Morgan fingerprint density at radius 3 is 2.62 bits per heavy atom. The number of hydrogen-bond acceptors (Lipinski definition) is 3. The topological polar surface area (TPSA) is 30.5 Å². The molecule has 0 bridgehead atoms. The van der Waals surface area contributed by atoms with E-state index in [1.807, 2.05) is 12.1 Å². The van der Waals surface area contributed by atoms with E-state index in [0.717, 1.165) is 17.0 Å². The predicted molar refractivity (Wildman–Crippen MR) is 98.3 cm³/mol. The molecular formula is C21H23NO2. The van der Waals surface area contributed by atoms with Gasteiger partial charge < -0.3 is 14.8 Å². The molecule has 0 radical (unpaired) electrons. The van der Waals surface area contributed by atoms with Crippen molar-refractivity contribution in [3.8, 4) is 16.9 Å². The van der Waals surface area contributed by atoms with Crippen molar-refractivity contribution in [2.75, 3.05) is 12.4 Å². The molecule has 0 saturated carbocycles. The molecule has 1 N–H and O–H groups in total. The minimum atomic E-state index is -0.393. The van der Waals surface area contributed by atoms with Gasteiger partial charge in [0.2, 0.25) is 6.29 Å². The Kier molecular flexibility index (Phi) is 3.26. The first-order chi connectivity index (χ1) is 11.4. The molecule has 2 aliphatic rings. The lowest BCUT2D eigenvalue weighted by Crippen LogP contribution is -2.32. The molecule has 3 nitrogen and oxygen atoms in total. The first-order valence-corrected chi connectivity index (χ1v) is 8.35. The zero-order chi connectivity index (χ0) is 17.1. The van der Waals surface area contributed by atoms with Gasteiger partial charge >= 0.3 is 0 Å². The Balaban J connectivity index is 2.03. The number of allylic oxidation sites excluding steroid dienone is 1. The first-order valence-electron chi connectivity index (χ1n) is 8.35. The normalized spacial score (nSPS) is 20.0. The molecule has 24 heavy (non-hydrogen) atoms. The summed E-state index contributed by atoms with van der Waals surface area (Å²) >= 11 is 0. The van der Waals surface area contributed by atoms with E-state index < -0.39 is 6.29 Å². The third kappa shape index (κ3) is 2.15. The number of nitrogens with one attached hydrogen (secondary N) is 1. The molecule has 0 aromatic heterocycles. The second-order valence-electron chi connectivity index (χ2n) is 7.26. The highest BCUT2D eigenvalue weighted by atomic mass is 16.7. The molecule has 0 amide bonds. The molecule has 3 heteroatoms. The lowest BCUT2D eigenvalue weighted by atomic mass is 9.83. The zero-order valence-corrected chi connectivity index (χ0v) is 14.9. The fourth-order valence-electron chi connectivity index (χ4n) is 4.03. The van der Waals surface area contributed by atoms with Gasteiger partial charge in [-0.05, 0) is 56.5 Å². The Morgan fingerprint density at radius 2 is 1.88 bits per heavy atom. The molecule has 2 aromatic rings. The molecule has 2 heterocycles. The van der Waals surface area contributed by atoms with E-state index in [-0.39, 0.29) is 5.54 Å². The standard InChI is InChI=1S/C21H23NO2/c1-12-7-6-8-16-17(12)14-9-10-15-18(19(14)20(23-5)24-16)13(2)11-21(3,4)22-15/h6-11,20,22H,1-5H3. The maximum absolute atomic E-state index is 6.18. The molecule has 0 fully saturated rings. The number of rotatable bonds is 1. The third-order valence-corrected chi connectivity index (χ3v) is 4.86. The van der Waals surface area contributed by atoms with Crippen LogP contribution in [0.1, 0.15) is 43.8 Å². The van der Waals surface area contributed by atoms with Crippen LogP contribution in [0.15, 0.2) is 36.4 Å². The smallest absolute Gasteiger partial charge is 0.227 e. The summed E-state index contributed by atoms with van der Waals surface area (Å²) in [6, 6.07) is 10.5. The average molecular weight is 321 g/mol. The molecule has 2 aromatic carbocycles. The maximum atomic E-state index is 6.18. The van der Waals surface area contributed by atoms with Crippen molar-refractivity contribution in [1.82, 2.24) is 0 Å². The fraction of sp³-hybridized carbons (Fsp3) is 0.333. The number of anilines is 1. The summed E-state index contributed by atoms with van der Waals surface area (Å²) in [5.74, 6) is 0.889. The van der Waals surface area contributed by atoms with Gasteiger partial charge in [-0.1, -0.05) is 24.3 Å². The van der Waals surface area contributed by atoms with E-state index >= 15 is 0 Å². The summed E-state index contributed by atoms with van der Waals surface area (Å²) in [6.07, 6.45) is 1.88. The Morgan fingerprint density at radius 1 is 1.08 bits per heavy atom. The summed E-state index contributed by atoms with van der Waals surface area (Å²) in [5, 5.41) is 3.61. The van der Waals surface area contributed by atoms with Crippen LogP contribution in [0.2, 0.25) is 0 Å². The van der Waals surface area contributed by atoms with E-state index in [1.54, 1.807) is 7.11 Å². The van der Waals surface area contributed by atoms with E-state index in [0.29, 0.717) is 0 Å². The van der Waals surface area contributed by atoms with Gasteiger partial charge in [0.05, 0.1) is 5.54 Å². The minimum Gasteiger partial charge on any atom is -0.460 e. The minimum absolute atomic E-state index is 0.0583. The zero-order valence-electron chi connectivity index (χ0n) is 14.9. The predicted octanol–water partition coefficient (Wildman–Crippen LogP) is 5.31. The monoisotopic (exact) mass is 321 g/mol. The van der Waals surface area contributed by atoms with Gasteiger partial charge in [-0.25, -0.2) is 0 Å². The summed E-state index contributed by atoms with van der Waals surface area (Å²) in [4.78, 5) is 0. The van der Waals surface area contributed by atoms with Gasteiger partial charge in [0.1, 0.15) is 5.75 Å². The summed E-state index contributed by atoms with van der Waals surface area (Å²) < 4.78 is 11.9. The third-order valence-electron chi connectivity index (χ3n) is 4.86. The fourth-order valence-corrected chi connectivity index (χ4v) is 4.03. The Labute approximate surface area is 143 Å². The van der Waals surface area contributed by atoms with Crippen LogP contribution in [-0.2, 0) is 4.74 Å². The molecule has 0 spiro atoms. The van der Waals surface area contributed by atoms with Gasteiger partial charge in [0, 0.05) is 29.5 Å². The molecule has 1 unspecified atom stereocenters. The molecular weight excluding hydrogens is 298 g/mol. The van der Waals surface area contributed by atoms with Gasteiger partial charge in [-0.2, -0.15) is 0 Å².